The third kappa shape index (κ3) is 3.67. The quantitative estimate of drug-likeness (QED) is 0.807. The number of hydrogen-bond donors (Lipinski definition) is 0. The van der Waals surface area contributed by atoms with Crippen molar-refractivity contribution in [2.75, 3.05) is 44.2 Å². The summed E-state index contributed by atoms with van der Waals surface area (Å²) in [5.41, 5.74) is 0. The van der Waals surface area contributed by atoms with Crippen LogP contribution in [0.25, 0.3) is 0 Å². The molecule has 8 nitrogen and oxygen atoms in total. The Morgan fingerprint density at radius 2 is 1.65 bits per heavy atom. The number of nitrogens with zero attached hydrogens (tertiary/aromatic N) is 5. The maximum atomic E-state index is 12.8. The summed E-state index contributed by atoms with van der Waals surface area (Å²) < 4.78 is 33.9. The second-order valence-electron chi connectivity index (χ2n) is 6.05. The molecule has 0 aliphatic carbocycles. The number of anilines is 1. The molecular weight excluding hydrogens is 318 g/mol. The summed E-state index contributed by atoms with van der Waals surface area (Å²) in [5, 5.41) is 3.99. The normalized spacial score (nSPS) is 22.2. The molecule has 3 rings (SSSR count). The van der Waals surface area contributed by atoms with E-state index < -0.39 is 10.2 Å². The fourth-order valence-electron chi connectivity index (χ4n) is 3.10. The fourth-order valence-corrected chi connectivity index (χ4v) is 4.82. The number of piperidine rings is 1. The number of hydrogen-bond acceptors (Lipinski definition) is 6. The first-order valence-corrected chi connectivity index (χ1v) is 9.83. The average Bonchev–Trinajstić information content (AvgIpc) is 2.91. The first-order valence-electron chi connectivity index (χ1n) is 8.44. The molecule has 9 heteroatoms. The Hall–Kier alpha value is -1.19. The third-order valence-corrected chi connectivity index (χ3v) is 6.50. The zero-order valence-corrected chi connectivity index (χ0v) is 14.5. The van der Waals surface area contributed by atoms with Crippen molar-refractivity contribution in [3.8, 4) is 0 Å². The molecule has 0 bridgehead atoms. The van der Waals surface area contributed by atoms with Gasteiger partial charge in [0.05, 0.1) is 0 Å². The molecule has 0 unspecified atom stereocenters. The first-order chi connectivity index (χ1) is 11.1. The monoisotopic (exact) mass is 343 g/mol. The van der Waals surface area contributed by atoms with Gasteiger partial charge in [-0.05, 0) is 24.4 Å². The molecule has 3 heterocycles. The van der Waals surface area contributed by atoms with Crippen molar-refractivity contribution in [3.63, 3.8) is 0 Å². The SMILES string of the molecule is CCc1nc(N2CCCN(S(=O)(=O)N3CCCCC3)CC2)no1. The average molecular weight is 343 g/mol. The van der Waals surface area contributed by atoms with Crippen LogP contribution in [-0.4, -0.2) is 66.4 Å². The van der Waals surface area contributed by atoms with E-state index in [1.165, 1.54) is 0 Å². The van der Waals surface area contributed by atoms with Crippen LogP contribution >= 0.6 is 0 Å². The van der Waals surface area contributed by atoms with Crippen molar-refractivity contribution in [2.45, 2.75) is 39.0 Å². The van der Waals surface area contributed by atoms with Crippen LogP contribution in [-0.2, 0) is 16.6 Å². The highest BCUT2D eigenvalue weighted by Gasteiger charge is 2.32. The second-order valence-corrected chi connectivity index (χ2v) is 7.98. The maximum Gasteiger partial charge on any atom is 0.282 e. The molecule has 0 saturated carbocycles. The summed E-state index contributed by atoms with van der Waals surface area (Å²) in [6.07, 6.45) is 4.51. The van der Waals surface area contributed by atoms with E-state index in [1.807, 2.05) is 11.8 Å². The Balaban J connectivity index is 1.65. The van der Waals surface area contributed by atoms with E-state index >= 15 is 0 Å². The molecule has 1 aromatic rings. The van der Waals surface area contributed by atoms with Crippen LogP contribution in [0.3, 0.4) is 0 Å². The molecule has 0 spiro atoms. The van der Waals surface area contributed by atoms with E-state index in [9.17, 15) is 8.42 Å². The van der Waals surface area contributed by atoms with E-state index in [2.05, 4.69) is 10.1 Å². The molecule has 0 amide bonds. The van der Waals surface area contributed by atoms with Crippen LogP contribution in [0.5, 0.6) is 0 Å². The Morgan fingerprint density at radius 3 is 2.35 bits per heavy atom. The van der Waals surface area contributed by atoms with E-state index in [0.717, 1.165) is 32.2 Å². The minimum Gasteiger partial charge on any atom is -0.337 e. The molecule has 2 saturated heterocycles. The van der Waals surface area contributed by atoms with Crippen molar-refractivity contribution < 1.29 is 12.9 Å². The van der Waals surface area contributed by atoms with Crippen LogP contribution in [0.4, 0.5) is 5.95 Å². The second kappa shape index (κ2) is 7.14. The lowest BCUT2D eigenvalue weighted by molar-refractivity contribution is 0.307. The summed E-state index contributed by atoms with van der Waals surface area (Å²) >= 11 is 0. The zero-order chi connectivity index (χ0) is 16.3. The van der Waals surface area contributed by atoms with Gasteiger partial charge >= 0.3 is 0 Å². The van der Waals surface area contributed by atoms with Gasteiger partial charge in [-0.2, -0.15) is 22.0 Å². The number of aryl methyl sites for hydroxylation is 1. The predicted octanol–water partition coefficient (Wildman–Crippen LogP) is 0.875. The van der Waals surface area contributed by atoms with Crippen molar-refractivity contribution >= 4 is 16.2 Å². The highest BCUT2D eigenvalue weighted by Crippen LogP contribution is 2.19. The van der Waals surface area contributed by atoms with Gasteiger partial charge in [0.2, 0.25) is 5.89 Å². The lowest BCUT2D eigenvalue weighted by Gasteiger charge is -2.31. The Labute approximate surface area is 137 Å². The fraction of sp³-hybridized carbons (Fsp3) is 0.857. The standard InChI is InChI=1S/C14H25N5O3S/c1-2-13-15-14(16-22-13)17-7-6-10-19(12-11-17)23(20,21)18-8-4-3-5-9-18/h2-12H2,1H3. The van der Waals surface area contributed by atoms with Crippen LogP contribution in [0.15, 0.2) is 4.52 Å². The molecule has 0 atom stereocenters. The van der Waals surface area contributed by atoms with Gasteiger partial charge in [0, 0.05) is 45.7 Å². The van der Waals surface area contributed by atoms with Crippen molar-refractivity contribution in [1.29, 1.82) is 0 Å². The van der Waals surface area contributed by atoms with Gasteiger partial charge in [-0.25, -0.2) is 0 Å². The number of rotatable bonds is 4. The van der Waals surface area contributed by atoms with Gasteiger partial charge in [-0.15, -0.1) is 0 Å². The Bertz CT molecular complexity index is 612. The molecular formula is C14H25N5O3S. The minimum atomic E-state index is -3.34. The molecule has 2 aliphatic rings. The van der Waals surface area contributed by atoms with Crippen LogP contribution in [0.2, 0.25) is 0 Å². The highest BCUT2D eigenvalue weighted by atomic mass is 32.2. The predicted molar refractivity (Wildman–Crippen MR) is 86.4 cm³/mol. The smallest absolute Gasteiger partial charge is 0.282 e. The van der Waals surface area contributed by atoms with E-state index in [4.69, 9.17) is 4.52 Å². The largest absolute Gasteiger partial charge is 0.337 e. The molecule has 2 aliphatic heterocycles. The molecule has 2 fully saturated rings. The summed E-state index contributed by atoms with van der Waals surface area (Å²) in [7, 11) is -3.34. The lowest BCUT2D eigenvalue weighted by atomic mass is 10.2. The Morgan fingerprint density at radius 1 is 0.957 bits per heavy atom. The lowest BCUT2D eigenvalue weighted by Crippen LogP contribution is -2.47. The van der Waals surface area contributed by atoms with Crippen LogP contribution in [0.1, 0.15) is 38.5 Å². The van der Waals surface area contributed by atoms with E-state index in [0.29, 0.717) is 51.0 Å². The molecule has 0 radical (unpaired) electrons. The van der Waals surface area contributed by atoms with Gasteiger partial charge in [-0.1, -0.05) is 13.3 Å². The highest BCUT2D eigenvalue weighted by molar-refractivity contribution is 7.86. The van der Waals surface area contributed by atoms with Gasteiger partial charge in [0.1, 0.15) is 0 Å². The maximum absolute atomic E-state index is 12.8. The molecule has 23 heavy (non-hydrogen) atoms. The molecule has 0 aromatic carbocycles. The molecule has 0 N–H and O–H groups in total. The first kappa shape index (κ1) is 16.7. The Kier molecular flexibility index (Phi) is 5.17. The van der Waals surface area contributed by atoms with Gasteiger partial charge in [0.15, 0.2) is 0 Å². The van der Waals surface area contributed by atoms with Crippen LogP contribution in [0, 0.1) is 0 Å². The zero-order valence-electron chi connectivity index (χ0n) is 13.6. The molecule has 1 aromatic heterocycles. The minimum absolute atomic E-state index is 0.467. The topological polar surface area (TPSA) is 82.8 Å². The summed E-state index contributed by atoms with van der Waals surface area (Å²) in [4.78, 5) is 6.35. The van der Waals surface area contributed by atoms with Gasteiger partial charge < -0.3 is 9.42 Å². The van der Waals surface area contributed by atoms with Crippen molar-refractivity contribution in [2.24, 2.45) is 0 Å². The van der Waals surface area contributed by atoms with E-state index in [-0.39, 0.29) is 0 Å². The van der Waals surface area contributed by atoms with Gasteiger partial charge in [0.25, 0.3) is 16.2 Å². The summed E-state index contributed by atoms with van der Waals surface area (Å²) in [6, 6.07) is 0. The summed E-state index contributed by atoms with van der Waals surface area (Å²) in [6.45, 7) is 5.61. The third-order valence-electron chi connectivity index (χ3n) is 4.47. The van der Waals surface area contributed by atoms with Crippen molar-refractivity contribution in [1.82, 2.24) is 18.8 Å². The summed E-state index contributed by atoms with van der Waals surface area (Å²) in [5.74, 6) is 1.18. The van der Waals surface area contributed by atoms with Crippen molar-refractivity contribution in [3.05, 3.63) is 5.89 Å². The molecule has 130 valence electrons. The van der Waals surface area contributed by atoms with Gasteiger partial charge in [-0.3, -0.25) is 0 Å². The van der Waals surface area contributed by atoms with Crippen LogP contribution < -0.4 is 4.90 Å². The number of aromatic nitrogens is 2. The van der Waals surface area contributed by atoms with E-state index in [1.54, 1.807) is 8.61 Å².